The molecule has 0 saturated carbocycles. The summed E-state index contributed by atoms with van der Waals surface area (Å²) < 4.78 is 0. The number of rotatable bonds is 2. The van der Waals surface area contributed by atoms with Gasteiger partial charge in [0.05, 0.1) is 0 Å². The van der Waals surface area contributed by atoms with Gasteiger partial charge < -0.3 is 5.32 Å². The first-order chi connectivity index (χ1) is 3.83. The molecule has 0 fully saturated rings. The van der Waals surface area contributed by atoms with E-state index in [1.165, 1.54) is 0 Å². The summed E-state index contributed by atoms with van der Waals surface area (Å²) in [6.45, 7) is 6.39. The second-order valence-corrected chi connectivity index (χ2v) is 2.56. The maximum absolute atomic E-state index is 4.67. The number of hydrogen-bond acceptors (Lipinski definition) is 1. The summed E-state index contributed by atoms with van der Waals surface area (Å²) in [5.41, 5.74) is 0. The van der Waals surface area contributed by atoms with E-state index in [0.717, 1.165) is 26.2 Å². The third-order valence-corrected chi connectivity index (χ3v) is 0.500. The standard InChI is InChI=1S/C4H11N.2ClH.Cu/c1-3-5-4-2;;;/h5H,3-4H2,1-2H3;2*1H;/q;;;+2/p-2. The number of nitrogens with one attached hydrogen (secondary N) is 1. The van der Waals surface area contributed by atoms with Crippen molar-refractivity contribution in [2.45, 2.75) is 13.8 Å². The van der Waals surface area contributed by atoms with Gasteiger partial charge in [-0.05, 0) is 13.1 Å². The zero-order valence-corrected chi connectivity index (χ0v) is 7.43. The summed E-state index contributed by atoms with van der Waals surface area (Å²) in [4.78, 5) is 0. The molecule has 0 aromatic carbocycles. The van der Waals surface area contributed by atoms with Crippen molar-refractivity contribution in [2.24, 2.45) is 0 Å². The Hall–Kier alpha value is 1.06. The Morgan fingerprint density at radius 3 is 1.50 bits per heavy atom. The molecule has 1 nitrogen and oxygen atoms in total. The monoisotopic (exact) mass is 206 g/mol. The summed E-state index contributed by atoms with van der Waals surface area (Å²) in [7, 11) is 9.34. The van der Waals surface area contributed by atoms with Crippen LogP contribution in [0.1, 0.15) is 13.8 Å². The van der Waals surface area contributed by atoms with Gasteiger partial charge in [-0.25, -0.2) is 0 Å². The molecule has 0 bridgehead atoms. The number of halogens is 2. The van der Waals surface area contributed by atoms with Crippen LogP contribution in [0.2, 0.25) is 0 Å². The molecular weight excluding hydrogens is 197 g/mol. The van der Waals surface area contributed by atoms with E-state index in [9.17, 15) is 0 Å². The van der Waals surface area contributed by atoms with Crippen LogP contribution in [0, 0.1) is 0 Å². The van der Waals surface area contributed by atoms with Crippen LogP contribution in [0.5, 0.6) is 0 Å². The fourth-order valence-electron chi connectivity index (χ4n) is 0.250. The van der Waals surface area contributed by atoms with Gasteiger partial charge in [0.1, 0.15) is 0 Å². The van der Waals surface area contributed by atoms with Gasteiger partial charge in [0.2, 0.25) is 0 Å². The molecule has 0 aromatic rings. The molecule has 0 unspecified atom stereocenters. The average Bonchev–Trinajstić information content (AvgIpc) is 1.71. The zero-order valence-electron chi connectivity index (χ0n) is 4.97. The Bertz CT molecular complexity index is 28.0. The molecule has 0 amide bonds. The molecule has 0 aromatic heterocycles. The van der Waals surface area contributed by atoms with Gasteiger partial charge in [0.25, 0.3) is 0 Å². The van der Waals surface area contributed by atoms with Crippen LogP contribution < -0.4 is 5.32 Å². The van der Waals surface area contributed by atoms with Crippen LogP contribution in [-0.2, 0) is 13.1 Å². The van der Waals surface area contributed by atoms with Crippen molar-refractivity contribution in [3.05, 3.63) is 0 Å². The normalized spacial score (nSPS) is 8.00. The van der Waals surface area contributed by atoms with Crippen molar-refractivity contribution in [2.75, 3.05) is 13.1 Å². The SMILES string of the molecule is CCNCC.[Cl][Cu][Cl]. The van der Waals surface area contributed by atoms with Gasteiger partial charge in [-0.1, -0.05) is 13.8 Å². The van der Waals surface area contributed by atoms with E-state index in [1.54, 1.807) is 0 Å². The molecule has 57 valence electrons. The fourth-order valence-corrected chi connectivity index (χ4v) is 0.250. The van der Waals surface area contributed by atoms with Crippen LogP contribution in [0.25, 0.3) is 0 Å². The van der Waals surface area contributed by atoms with Crippen LogP contribution in [0.3, 0.4) is 0 Å². The van der Waals surface area contributed by atoms with Crippen molar-refractivity contribution >= 4 is 20.2 Å². The maximum atomic E-state index is 4.67. The quantitative estimate of drug-likeness (QED) is 0.683. The van der Waals surface area contributed by atoms with Crippen molar-refractivity contribution in [3.8, 4) is 0 Å². The molecule has 0 heterocycles. The van der Waals surface area contributed by atoms with E-state index < -0.39 is 0 Å². The van der Waals surface area contributed by atoms with Gasteiger partial charge in [-0.3, -0.25) is 0 Å². The van der Waals surface area contributed by atoms with Crippen molar-refractivity contribution in [3.63, 3.8) is 0 Å². The topological polar surface area (TPSA) is 12.0 Å². The first-order valence-electron chi connectivity index (χ1n) is 2.35. The first kappa shape index (κ1) is 11.8. The van der Waals surface area contributed by atoms with Gasteiger partial charge in [0, 0.05) is 0 Å². The number of hydrogen-bond donors (Lipinski definition) is 1. The van der Waals surface area contributed by atoms with E-state index >= 15 is 0 Å². The van der Waals surface area contributed by atoms with Gasteiger partial charge in [-0.15, -0.1) is 0 Å². The Kier molecular flexibility index (Phi) is 23.2. The molecule has 0 rings (SSSR count). The first-order valence-corrected chi connectivity index (χ1v) is 4.94. The predicted octanol–water partition coefficient (Wildman–Crippen LogP) is 1.99. The van der Waals surface area contributed by atoms with Crippen LogP contribution in [0.15, 0.2) is 0 Å². The van der Waals surface area contributed by atoms with Crippen molar-refractivity contribution < 1.29 is 13.1 Å². The third kappa shape index (κ3) is 27.7. The van der Waals surface area contributed by atoms with Crippen LogP contribution in [-0.4, -0.2) is 13.1 Å². The minimum atomic E-state index is 0.757. The summed E-state index contributed by atoms with van der Waals surface area (Å²) >= 11 is 0.757. The predicted molar refractivity (Wildman–Crippen MR) is 35.9 cm³/mol. The van der Waals surface area contributed by atoms with E-state index in [1.807, 2.05) is 0 Å². The van der Waals surface area contributed by atoms with Crippen LogP contribution in [0.4, 0.5) is 0 Å². The molecule has 0 aliphatic carbocycles. The van der Waals surface area contributed by atoms with Gasteiger partial charge in [-0.2, -0.15) is 0 Å². The van der Waals surface area contributed by atoms with Crippen LogP contribution >= 0.6 is 20.2 Å². The molecule has 0 aliphatic heterocycles. The summed E-state index contributed by atoms with van der Waals surface area (Å²) in [5.74, 6) is 0. The third-order valence-electron chi connectivity index (χ3n) is 0.500. The van der Waals surface area contributed by atoms with E-state index in [4.69, 9.17) is 0 Å². The Morgan fingerprint density at radius 1 is 1.25 bits per heavy atom. The molecule has 0 radical (unpaired) electrons. The van der Waals surface area contributed by atoms with E-state index in [2.05, 4.69) is 39.4 Å². The van der Waals surface area contributed by atoms with Crippen molar-refractivity contribution in [1.29, 1.82) is 0 Å². The summed E-state index contributed by atoms with van der Waals surface area (Å²) in [6, 6.07) is 0. The molecule has 8 heavy (non-hydrogen) atoms. The Morgan fingerprint density at radius 2 is 1.50 bits per heavy atom. The Balaban J connectivity index is 0. The Labute approximate surface area is 65.7 Å². The van der Waals surface area contributed by atoms with Crippen molar-refractivity contribution in [1.82, 2.24) is 5.32 Å². The summed E-state index contributed by atoms with van der Waals surface area (Å²) in [6.07, 6.45) is 0. The zero-order chi connectivity index (χ0) is 6.83. The second-order valence-electron chi connectivity index (χ2n) is 1.00. The summed E-state index contributed by atoms with van der Waals surface area (Å²) in [5, 5.41) is 3.11. The molecule has 0 saturated heterocycles. The van der Waals surface area contributed by atoms with E-state index in [-0.39, 0.29) is 0 Å². The second kappa shape index (κ2) is 15.7. The molecule has 4 heteroatoms. The molecule has 0 aliphatic rings. The molecule has 0 atom stereocenters. The molecule has 1 N–H and O–H groups in total. The minimum absolute atomic E-state index is 0.757. The molecular formula is C4H11Cl2CuN. The molecule has 0 spiro atoms. The fraction of sp³-hybridized carbons (Fsp3) is 1.00. The van der Waals surface area contributed by atoms with E-state index in [0.29, 0.717) is 0 Å². The van der Waals surface area contributed by atoms with Gasteiger partial charge >= 0.3 is 33.3 Å². The van der Waals surface area contributed by atoms with Gasteiger partial charge in [0.15, 0.2) is 0 Å². The average molecular weight is 208 g/mol.